The molecule has 0 saturated heterocycles. The first kappa shape index (κ1) is 8.52. The Morgan fingerprint density at radius 1 is 1.73 bits per heavy atom. The molecule has 0 aliphatic carbocycles. The van der Waals surface area contributed by atoms with E-state index in [0.29, 0.717) is 0 Å². The quantitative estimate of drug-likeness (QED) is 0.693. The summed E-state index contributed by atoms with van der Waals surface area (Å²) in [6.07, 6.45) is 0. The summed E-state index contributed by atoms with van der Waals surface area (Å²) in [5, 5.41) is 16.9. The molecule has 0 radical (unpaired) electrons. The van der Waals surface area contributed by atoms with E-state index in [1.165, 1.54) is 6.07 Å². The summed E-state index contributed by atoms with van der Waals surface area (Å²) in [7, 11) is 0. The standard InChI is InChI=1S/C6H5ClO3S/c7-6(10,5(8)9)4-2-1-3-11-4/h1-3,10H,(H,8,9). The molecule has 60 valence electrons. The summed E-state index contributed by atoms with van der Waals surface area (Å²) in [5.41, 5.74) is 0. The van der Waals surface area contributed by atoms with Crippen molar-refractivity contribution < 1.29 is 15.0 Å². The maximum Gasteiger partial charge on any atom is 0.357 e. The minimum absolute atomic E-state index is 0.215. The summed E-state index contributed by atoms with van der Waals surface area (Å²) in [6.45, 7) is 0. The Hall–Kier alpha value is -0.580. The monoisotopic (exact) mass is 192 g/mol. The van der Waals surface area contributed by atoms with Gasteiger partial charge in [0.05, 0.1) is 4.88 Å². The molecular weight excluding hydrogens is 188 g/mol. The highest BCUT2D eigenvalue weighted by atomic mass is 35.5. The zero-order chi connectivity index (χ0) is 8.48. The van der Waals surface area contributed by atoms with E-state index in [4.69, 9.17) is 21.8 Å². The average molecular weight is 193 g/mol. The van der Waals surface area contributed by atoms with Crippen molar-refractivity contribution in [3.05, 3.63) is 22.4 Å². The fourth-order valence-electron chi connectivity index (χ4n) is 0.572. The number of carboxylic acid groups (broad SMARTS) is 1. The molecule has 11 heavy (non-hydrogen) atoms. The van der Waals surface area contributed by atoms with Crippen LogP contribution in [-0.4, -0.2) is 16.2 Å². The fraction of sp³-hybridized carbons (Fsp3) is 0.167. The molecule has 5 heteroatoms. The summed E-state index contributed by atoms with van der Waals surface area (Å²) in [6, 6.07) is 3.09. The Kier molecular flexibility index (Phi) is 2.17. The molecule has 0 spiro atoms. The van der Waals surface area contributed by atoms with Gasteiger partial charge in [0, 0.05) is 0 Å². The van der Waals surface area contributed by atoms with Crippen LogP contribution in [0.1, 0.15) is 4.88 Å². The molecule has 0 aromatic carbocycles. The first-order valence-corrected chi connectivity index (χ1v) is 3.99. The third kappa shape index (κ3) is 1.53. The Bertz CT molecular complexity index is 255. The van der Waals surface area contributed by atoms with Gasteiger partial charge in [-0.05, 0) is 11.4 Å². The highest BCUT2D eigenvalue weighted by Crippen LogP contribution is 2.29. The van der Waals surface area contributed by atoms with Crippen molar-refractivity contribution in [2.24, 2.45) is 0 Å². The number of carboxylic acids is 1. The maximum absolute atomic E-state index is 10.3. The summed E-state index contributed by atoms with van der Waals surface area (Å²) in [4.78, 5) is 10.6. The van der Waals surface area contributed by atoms with Crippen LogP contribution in [0, 0.1) is 0 Å². The van der Waals surface area contributed by atoms with Crippen LogP contribution in [-0.2, 0) is 9.85 Å². The lowest BCUT2D eigenvalue weighted by Gasteiger charge is -2.11. The summed E-state index contributed by atoms with van der Waals surface area (Å²) < 4.78 is 0. The maximum atomic E-state index is 10.3. The van der Waals surface area contributed by atoms with Crippen LogP contribution in [0.4, 0.5) is 0 Å². The Labute approximate surface area is 71.9 Å². The average Bonchev–Trinajstić information content (AvgIpc) is 2.37. The fourth-order valence-corrected chi connectivity index (χ4v) is 1.47. The van der Waals surface area contributed by atoms with Crippen molar-refractivity contribution >= 4 is 28.9 Å². The molecular formula is C6H5ClO3S. The van der Waals surface area contributed by atoms with Crippen molar-refractivity contribution in [2.75, 3.05) is 0 Å². The summed E-state index contributed by atoms with van der Waals surface area (Å²) in [5.74, 6) is -1.46. The number of carbonyl (C=O) groups is 1. The predicted octanol–water partition coefficient (Wildman–Crippen LogP) is 1.22. The van der Waals surface area contributed by atoms with Crippen molar-refractivity contribution in [3.8, 4) is 0 Å². The predicted molar refractivity (Wildman–Crippen MR) is 41.7 cm³/mol. The third-order valence-electron chi connectivity index (χ3n) is 1.13. The number of hydrogen-bond donors (Lipinski definition) is 2. The Morgan fingerprint density at radius 2 is 2.36 bits per heavy atom. The van der Waals surface area contributed by atoms with Gasteiger partial charge in [0.1, 0.15) is 0 Å². The van der Waals surface area contributed by atoms with Gasteiger partial charge in [0.25, 0.3) is 5.06 Å². The smallest absolute Gasteiger partial charge is 0.357 e. The first-order chi connectivity index (χ1) is 5.05. The van der Waals surface area contributed by atoms with Gasteiger partial charge in [-0.2, -0.15) is 0 Å². The van der Waals surface area contributed by atoms with E-state index in [0.717, 1.165) is 11.3 Å². The van der Waals surface area contributed by atoms with E-state index in [9.17, 15) is 4.79 Å². The van der Waals surface area contributed by atoms with E-state index in [1.807, 2.05) is 0 Å². The van der Waals surface area contributed by atoms with Gasteiger partial charge >= 0.3 is 5.97 Å². The van der Waals surface area contributed by atoms with Gasteiger partial charge in [-0.1, -0.05) is 17.7 Å². The molecule has 1 atom stereocenters. The van der Waals surface area contributed by atoms with Gasteiger partial charge in [-0.15, -0.1) is 11.3 Å². The molecule has 0 aliphatic rings. The van der Waals surface area contributed by atoms with Gasteiger partial charge < -0.3 is 10.2 Å². The van der Waals surface area contributed by atoms with Gasteiger partial charge in [0.15, 0.2) is 0 Å². The number of rotatable bonds is 2. The van der Waals surface area contributed by atoms with Crippen LogP contribution in [0.2, 0.25) is 0 Å². The Balaban J connectivity index is 3.00. The highest BCUT2D eigenvalue weighted by Gasteiger charge is 2.36. The molecule has 1 rings (SSSR count). The SMILES string of the molecule is O=C(O)C(O)(Cl)c1cccs1. The second-order valence-electron chi connectivity index (χ2n) is 1.90. The lowest BCUT2D eigenvalue weighted by atomic mass is 10.3. The van der Waals surface area contributed by atoms with Crippen molar-refractivity contribution in [1.29, 1.82) is 0 Å². The topological polar surface area (TPSA) is 57.5 Å². The number of aliphatic hydroxyl groups is 1. The van der Waals surface area contributed by atoms with E-state index < -0.39 is 11.0 Å². The lowest BCUT2D eigenvalue weighted by molar-refractivity contribution is -0.150. The molecule has 0 saturated carbocycles. The first-order valence-electron chi connectivity index (χ1n) is 2.74. The van der Waals surface area contributed by atoms with Crippen molar-refractivity contribution in [2.45, 2.75) is 5.06 Å². The third-order valence-corrected chi connectivity index (χ3v) is 2.59. The largest absolute Gasteiger partial charge is 0.478 e. The number of thiophene rings is 1. The van der Waals surface area contributed by atoms with E-state index in [2.05, 4.69) is 0 Å². The zero-order valence-corrected chi connectivity index (χ0v) is 6.89. The van der Waals surface area contributed by atoms with Crippen molar-refractivity contribution in [1.82, 2.24) is 0 Å². The molecule has 0 amide bonds. The molecule has 1 aromatic rings. The highest BCUT2D eigenvalue weighted by molar-refractivity contribution is 7.10. The minimum atomic E-state index is -2.27. The lowest BCUT2D eigenvalue weighted by Crippen LogP contribution is -2.27. The van der Waals surface area contributed by atoms with Crippen LogP contribution in [0.5, 0.6) is 0 Å². The van der Waals surface area contributed by atoms with Crippen LogP contribution in [0.3, 0.4) is 0 Å². The summed E-state index contributed by atoms with van der Waals surface area (Å²) >= 11 is 6.40. The Morgan fingerprint density at radius 3 is 2.73 bits per heavy atom. The second-order valence-corrected chi connectivity index (χ2v) is 3.40. The number of aliphatic carboxylic acids is 1. The van der Waals surface area contributed by atoms with E-state index in [-0.39, 0.29) is 4.88 Å². The molecule has 1 aromatic heterocycles. The van der Waals surface area contributed by atoms with Gasteiger partial charge in [-0.25, -0.2) is 4.79 Å². The molecule has 0 bridgehead atoms. The number of halogens is 1. The zero-order valence-electron chi connectivity index (χ0n) is 5.32. The van der Waals surface area contributed by atoms with Gasteiger partial charge in [0.2, 0.25) is 0 Å². The second kappa shape index (κ2) is 2.81. The minimum Gasteiger partial charge on any atom is -0.478 e. The molecule has 3 nitrogen and oxygen atoms in total. The van der Waals surface area contributed by atoms with Crippen LogP contribution < -0.4 is 0 Å². The molecule has 1 heterocycles. The molecule has 0 fully saturated rings. The van der Waals surface area contributed by atoms with Crippen LogP contribution in [0.15, 0.2) is 17.5 Å². The normalized spacial score (nSPS) is 15.8. The van der Waals surface area contributed by atoms with Crippen molar-refractivity contribution in [3.63, 3.8) is 0 Å². The molecule has 0 aliphatic heterocycles. The number of alkyl halides is 1. The van der Waals surface area contributed by atoms with Crippen LogP contribution in [0.25, 0.3) is 0 Å². The van der Waals surface area contributed by atoms with Crippen LogP contribution >= 0.6 is 22.9 Å². The molecule has 2 N–H and O–H groups in total. The van der Waals surface area contributed by atoms with Gasteiger partial charge in [-0.3, -0.25) is 0 Å². The molecule has 1 unspecified atom stereocenters. The van der Waals surface area contributed by atoms with E-state index >= 15 is 0 Å². The van der Waals surface area contributed by atoms with E-state index in [1.54, 1.807) is 11.4 Å². The number of hydrogen-bond acceptors (Lipinski definition) is 3.